The lowest BCUT2D eigenvalue weighted by Crippen LogP contribution is -2.44. The molecule has 1 nitrogen and oxygen atoms in total. The molecule has 2 unspecified atom stereocenters. The Kier molecular flexibility index (Phi) is 3.12. The van der Waals surface area contributed by atoms with Crippen LogP contribution in [0.15, 0.2) is 0 Å². The summed E-state index contributed by atoms with van der Waals surface area (Å²) < 4.78 is 0. The van der Waals surface area contributed by atoms with Crippen LogP contribution in [0.5, 0.6) is 0 Å². The molecule has 2 aliphatic heterocycles. The molecule has 2 aliphatic rings. The second kappa shape index (κ2) is 4.08. The molecule has 1 heteroatoms. The molecule has 4 atom stereocenters. The summed E-state index contributed by atoms with van der Waals surface area (Å²) in [6.45, 7) is 9.67. The van der Waals surface area contributed by atoms with Gasteiger partial charge in [0.1, 0.15) is 0 Å². The van der Waals surface area contributed by atoms with Crippen molar-refractivity contribution in [1.29, 1.82) is 0 Å². The van der Waals surface area contributed by atoms with Crippen LogP contribution < -0.4 is 5.32 Å². The Hall–Kier alpha value is -0.0400. The van der Waals surface area contributed by atoms with Crippen molar-refractivity contribution in [3.63, 3.8) is 0 Å². The van der Waals surface area contributed by atoms with Crippen LogP contribution in [-0.2, 0) is 0 Å². The van der Waals surface area contributed by atoms with Crippen LogP contribution in [0, 0.1) is 17.8 Å². The van der Waals surface area contributed by atoms with E-state index in [1.54, 1.807) is 0 Å². The van der Waals surface area contributed by atoms with Crippen LogP contribution in [0.1, 0.15) is 59.8 Å². The Morgan fingerprint density at radius 2 is 2.00 bits per heavy atom. The molecule has 2 rings (SSSR count). The van der Waals surface area contributed by atoms with Crippen molar-refractivity contribution in [3.05, 3.63) is 0 Å². The van der Waals surface area contributed by atoms with Gasteiger partial charge in [-0.25, -0.2) is 0 Å². The summed E-state index contributed by atoms with van der Waals surface area (Å²) in [5.74, 6) is 2.70. The van der Waals surface area contributed by atoms with Crippen LogP contribution in [0.2, 0.25) is 0 Å². The summed E-state index contributed by atoms with van der Waals surface area (Å²) in [6.07, 6.45) is 7.05. The maximum absolute atomic E-state index is 3.88. The fraction of sp³-hybridized carbons (Fsp3) is 1.00. The van der Waals surface area contributed by atoms with Crippen molar-refractivity contribution in [2.45, 2.75) is 71.4 Å². The Morgan fingerprint density at radius 3 is 2.67 bits per heavy atom. The molecule has 0 saturated carbocycles. The lowest BCUT2D eigenvalue weighted by Gasteiger charge is -2.36. The summed E-state index contributed by atoms with van der Waals surface area (Å²) in [4.78, 5) is 0. The molecule has 0 amide bonds. The van der Waals surface area contributed by atoms with E-state index in [2.05, 4.69) is 33.0 Å². The van der Waals surface area contributed by atoms with Gasteiger partial charge in [0, 0.05) is 11.6 Å². The summed E-state index contributed by atoms with van der Waals surface area (Å²) in [7, 11) is 0. The molecular formula is C14H27N. The number of nitrogens with one attached hydrogen (secondary N) is 1. The van der Waals surface area contributed by atoms with E-state index in [1.807, 2.05) is 0 Å². The molecule has 0 radical (unpaired) electrons. The lowest BCUT2D eigenvalue weighted by molar-refractivity contribution is 0.196. The highest BCUT2D eigenvalue weighted by molar-refractivity contribution is 4.98. The minimum atomic E-state index is 0.464. The van der Waals surface area contributed by atoms with Gasteiger partial charge in [0.05, 0.1) is 0 Å². The first-order valence-corrected chi connectivity index (χ1v) is 6.76. The Bertz CT molecular complexity index is 223. The molecule has 2 bridgehead atoms. The first kappa shape index (κ1) is 11.4. The van der Waals surface area contributed by atoms with Crippen LogP contribution in [0.4, 0.5) is 0 Å². The van der Waals surface area contributed by atoms with Gasteiger partial charge in [0.25, 0.3) is 0 Å². The number of hydrogen-bond acceptors (Lipinski definition) is 1. The zero-order valence-electron chi connectivity index (χ0n) is 10.8. The average Bonchev–Trinajstić information content (AvgIpc) is 2.45. The predicted octanol–water partition coefficient (Wildman–Crippen LogP) is 3.59. The Morgan fingerprint density at radius 1 is 1.27 bits per heavy atom. The number of fused-ring (bicyclic) bond motifs is 2. The molecule has 0 aliphatic carbocycles. The second-order valence-corrected chi connectivity index (χ2v) is 6.73. The summed E-state index contributed by atoms with van der Waals surface area (Å²) in [5.41, 5.74) is 0.464. The third-order valence-corrected chi connectivity index (χ3v) is 4.63. The number of hydrogen-bond donors (Lipinski definition) is 1. The highest BCUT2D eigenvalue weighted by atomic mass is 15.0. The molecule has 0 aromatic rings. The van der Waals surface area contributed by atoms with Gasteiger partial charge in [-0.3, -0.25) is 0 Å². The van der Waals surface area contributed by atoms with Crippen LogP contribution >= 0.6 is 0 Å². The SMILES string of the molecule is CC(C)C1C[C@@H](C)CC2(C)CC[C@H](C1)N2. The minimum Gasteiger partial charge on any atom is -0.309 e. The molecule has 0 aromatic heterocycles. The van der Waals surface area contributed by atoms with E-state index in [4.69, 9.17) is 0 Å². The molecule has 0 aromatic carbocycles. The maximum Gasteiger partial charge on any atom is 0.0159 e. The highest BCUT2D eigenvalue weighted by Crippen LogP contribution is 2.39. The van der Waals surface area contributed by atoms with Gasteiger partial charge in [-0.2, -0.15) is 0 Å². The van der Waals surface area contributed by atoms with E-state index in [9.17, 15) is 0 Å². The average molecular weight is 209 g/mol. The summed E-state index contributed by atoms with van der Waals surface area (Å²) >= 11 is 0. The van der Waals surface area contributed by atoms with E-state index in [0.29, 0.717) is 5.54 Å². The molecular weight excluding hydrogens is 182 g/mol. The first-order chi connectivity index (χ1) is 6.98. The standard InChI is InChI=1S/C14H27N/c1-10(2)12-7-11(3)9-14(4)6-5-13(8-12)15-14/h10-13,15H,5-9H2,1-4H3/t11-,12?,13-,14?/m1/s1. The van der Waals surface area contributed by atoms with E-state index in [-0.39, 0.29) is 0 Å². The third-order valence-electron chi connectivity index (χ3n) is 4.63. The van der Waals surface area contributed by atoms with Crippen molar-refractivity contribution < 1.29 is 0 Å². The fourth-order valence-corrected chi connectivity index (χ4v) is 3.84. The van der Waals surface area contributed by atoms with Crippen molar-refractivity contribution >= 4 is 0 Å². The van der Waals surface area contributed by atoms with Crippen LogP contribution in [-0.4, -0.2) is 11.6 Å². The monoisotopic (exact) mass is 209 g/mol. The summed E-state index contributed by atoms with van der Waals surface area (Å²) in [6, 6.07) is 0.815. The molecule has 2 heterocycles. The van der Waals surface area contributed by atoms with Gasteiger partial charge in [0.15, 0.2) is 0 Å². The topological polar surface area (TPSA) is 12.0 Å². The van der Waals surface area contributed by atoms with Crippen LogP contribution in [0.3, 0.4) is 0 Å². The van der Waals surface area contributed by atoms with Crippen LogP contribution in [0.25, 0.3) is 0 Å². The normalized spacial score (nSPS) is 46.6. The maximum atomic E-state index is 3.88. The summed E-state index contributed by atoms with van der Waals surface area (Å²) in [5, 5.41) is 3.88. The van der Waals surface area contributed by atoms with Gasteiger partial charge in [-0.1, -0.05) is 20.8 Å². The van der Waals surface area contributed by atoms with E-state index in [0.717, 1.165) is 23.8 Å². The van der Waals surface area contributed by atoms with Gasteiger partial charge in [0.2, 0.25) is 0 Å². The lowest BCUT2D eigenvalue weighted by atomic mass is 9.78. The van der Waals surface area contributed by atoms with E-state index in [1.165, 1.54) is 32.1 Å². The minimum absolute atomic E-state index is 0.464. The zero-order chi connectivity index (χ0) is 11.1. The van der Waals surface area contributed by atoms with Crippen molar-refractivity contribution in [2.24, 2.45) is 17.8 Å². The molecule has 88 valence electrons. The zero-order valence-corrected chi connectivity index (χ0v) is 10.8. The van der Waals surface area contributed by atoms with Crippen molar-refractivity contribution in [3.8, 4) is 0 Å². The quantitative estimate of drug-likeness (QED) is 0.696. The molecule has 2 saturated heterocycles. The molecule has 2 fully saturated rings. The molecule has 15 heavy (non-hydrogen) atoms. The van der Waals surface area contributed by atoms with Crippen molar-refractivity contribution in [1.82, 2.24) is 5.32 Å². The van der Waals surface area contributed by atoms with Crippen molar-refractivity contribution in [2.75, 3.05) is 0 Å². The Balaban J connectivity index is 2.07. The first-order valence-electron chi connectivity index (χ1n) is 6.76. The van der Waals surface area contributed by atoms with Gasteiger partial charge in [-0.15, -0.1) is 0 Å². The van der Waals surface area contributed by atoms with Gasteiger partial charge in [-0.05, 0) is 56.8 Å². The smallest absolute Gasteiger partial charge is 0.0159 e. The molecule has 1 N–H and O–H groups in total. The third kappa shape index (κ3) is 2.55. The van der Waals surface area contributed by atoms with Gasteiger partial charge < -0.3 is 5.32 Å². The fourth-order valence-electron chi connectivity index (χ4n) is 3.84. The van der Waals surface area contributed by atoms with E-state index >= 15 is 0 Å². The number of rotatable bonds is 1. The largest absolute Gasteiger partial charge is 0.309 e. The van der Waals surface area contributed by atoms with Gasteiger partial charge >= 0.3 is 0 Å². The predicted molar refractivity (Wildman–Crippen MR) is 65.9 cm³/mol. The second-order valence-electron chi connectivity index (χ2n) is 6.73. The van der Waals surface area contributed by atoms with E-state index < -0.39 is 0 Å². The molecule has 0 spiro atoms. The highest BCUT2D eigenvalue weighted by Gasteiger charge is 2.39. The Labute approximate surface area is 95.0 Å².